The number of carbonyl (C=O) groups is 1. The molecule has 3 unspecified atom stereocenters. The molecular formula is C13H24N2OS. The molecule has 0 radical (unpaired) electrons. The summed E-state index contributed by atoms with van der Waals surface area (Å²) in [6.45, 7) is 4.31. The maximum absolute atomic E-state index is 11.9. The first-order valence-corrected chi connectivity index (χ1v) is 7.94. The van der Waals surface area contributed by atoms with Gasteiger partial charge < -0.3 is 10.6 Å². The molecule has 0 aromatic rings. The number of rotatable bonds is 5. The molecule has 1 saturated carbocycles. The summed E-state index contributed by atoms with van der Waals surface area (Å²) in [5.74, 6) is 2.03. The largest absolute Gasteiger partial charge is 0.353 e. The third-order valence-corrected chi connectivity index (χ3v) is 5.02. The summed E-state index contributed by atoms with van der Waals surface area (Å²) >= 11 is 2.04. The van der Waals surface area contributed by atoms with Gasteiger partial charge in [0.25, 0.3) is 0 Å². The molecule has 1 saturated heterocycles. The Morgan fingerprint density at radius 2 is 2.29 bits per heavy atom. The molecule has 2 fully saturated rings. The molecule has 0 aromatic heterocycles. The van der Waals surface area contributed by atoms with Crippen LogP contribution in [0.1, 0.15) is 39.0 Å². The lowest BCUT2D eigenvalue weighted by Crippen LogP contribution is -2.34. The molecule has 1 aliphatic heterocycles. The van der Waals surface area contributed by atoms with Crippen LogP contribution in [0.25, 0.3) is 0 Å². The molecule has 1 heterocycles. The van der Waals surface area contributed by atoms with Gasteiger partial charge in [-0.25, -0.2) is 0 Å². The lowest BCUT2D eigenvalue weighted by atomic mass is 10.0. The van der Waals surface area contributed by atoms with Crippen molar-refractivity contribution >= 4 is 17.7 Å². The fraction of sp³-hybridized carbons (Fsp3) is 0.923. The van der Waals surface area contributed by atoms with E-state index in [1.54, 1.807) is 0 Å². The highest BCUT2D eigenvalue weighted by Crippen LogP contribution is 2.29. The van der Waals surface area contributed by atoms with Gasteiger partial charge in [0.05, 0.1) is 0 Å². The first-order valence-electron chi connectivity index (χ1n) is 6.89. The Labute approximate surface area is 108 Å². The molecule has 98 valence electrons. The van der Waals surface area contributed by atoms with Gasteiger partial charge in [0.2, 0.25) is 5.91 Å². The highest BCUT2D eigenvalue weighted by molar-refractivity contribution is 7.99. The highest BCUT2D eigenvalue weighted by Gasteiger charge is 2.26. The molecule has 4 heteroatoms. The van der Waals surface area contributed by atoms with Gasteiger partial charge in [0.1, 0.15) is 0 Å². The highest BCUT2D eigenvalue weighted by atomic mass is 32.2. The zero-order chi connectivity index (χ0) is 12.1. The minimum absolute atomic E-state index is 0.269. The van der Waals surface area contributed by atoms with Crippen LogP contribution in [-0.4, -0.2) is 36.0 Å². The molecule has 1 amide bonds. The van der Waals surface area contributed by atoms with E-state index in [-0.39, 0.29) is 5.91 Å². The van der Waals surface area contributed by atoms with Crippen molar-refractivity contribution in [1.29, 1.82) is 0 Å². The quantitative estimate of drug-likeness (QED) is 0.788. The van der Waals surface area contributed by atoms with Crippen LogP contribution in [0.5, 0.6) is 0 Å². The van der Waals surface area contributed by atoms with E-state index in [0.717, 1.165) is 31.2 Å². The van der Waals surface area contributed by atoms with Gasteiger partial charge in [-0.15, -0.1) is 0 Å². The van der Waals surface area contributed by atoms with Crippen molar-refractivity contribution < 1.29 is 4.79 Å². The fourth-order valence-corrected chi connectivity index (χ4v) is 4.04. The summed E-state index contributed by atoms with van der Waals surface area (Å²) in [7, 11) is 0. The molecule has 3 nitrogen and oxygen atoms in total. The Morgan fingerprint density at radius 1 is 1.41 bits per heavy atom. The number of thioether (sulfide) groups is 1. The van der Waals surface area contributed by atoms with Crippen molar-refractivity contribution in [3.63, 3.8) is 0 Å². The van der Waals surface area contributed by atoms with Crippen molar-refractivity contribution in [2.45, 2.75) is 50.3 Å². The molecule has 17 heavy (non-hydrogen) atoms. The summed E-state index contributed by atoms with van der Waals surface area (Å²) in [5.41, 5.74) is 0. The minimum atomic E-state index is 0.269. The summed E-state index contributed by atoms with van der Waals surface area (Å²) in [6, 6.07) is 0.445. The van der Waals surface area contributed by atoms with Gasteiger partial charge in [-0.05, 0) is 50.4 Å². The molecule has 3 atom stereocenters. The van der Waals surface area contributed by atoms with E-state index in [1.807, 2.05) is 11.8 Å². The third kappa shape index (κ3) is 4.18. The number of hydrogen-bond donors (Lipinski definition) is 2. The van der Waals surface area contributed by atoms with Crippen LogP contribution < -0.4 is 10.6 Å². The third-order valence-electron chi connectivity index (χ3n) is 3.79. The zero-order valence-corrected chi connectivity index (χ0v) is 11.5. The first kappa shape index (κ1) is 13.2. The normalized spacial score (nSPS) is 32.9. The summed E-state index contributed by atoms with van der Waals surface area (Å²) < 4.78 is 0. The molecule has 0 bridgehead atoms. The van der Waals surface area contributed by atoms with Crippen LogP contribution in [0.2, 0.25) is 0 Å². The predicted molar refractivity (Wildman–Crippen MR) is 73.3 cm³/mol. The second-order valence-corrected chi connectivity index (χ2v) is 6.80. The van der Waals surface area contributed by atoms with Gasteiger partial charge >= 0.3 is 0 Å². The first-order chi connectivity index (χ1) is 8.28. The van der Waals surface area contributed by atoms with E-state index in [0.29, 0.717) is 12.0 Å². The Bertz CT molecular complexity index is 254. The molecule has 2 N–H and O–H groups in total. The Hall–Kier alpha value is -0.220. The van der Waals surface area contributed by atoms with Gasteiger partial charge in [-0.2, -0.15) is 11.8 Å². The number of amides is 1. The minimum Gasteiger partial charge on any atom is -0.353 e. The molecule has 0 spiro atoms. The lowest BCUT2D eigenvalue weighted by Gasteiger charge is -2.15. The van der Waals surface area contributed by atoms with E-state index in [4.69, 9.17) is 0 Å². The van der Waals surface area contributed by atoms with Crippen LogP contribution in [0.15, 0.2) is 0 Å². The average molecular weight is 256 g/mol. The van der Waals surface area contributed by atoms with Crippen molar-refractivity contribution in [2.75, 3.05) is 18.8 Å². The van der Waals surface area contributed by atoms with Crippen LogP contribution in [0.3, 0.4) is 0 Å². The average Bonchev–Trinajstić information content (AvgIpc) is 2.91. The summed E-state index contributed by atoms with van der Waals surface area (Å²) in [6.07, 6.45) is 5.50. The second kappa shape index (κ2) is 6.64. The van der Waals surface area contributed by atoms with E-state index < -0.39 is 0 Å². The van der Waals surface area contributed by atoms with Crippen molar-refractivity contribution in [3.8, 4) is 0 Å². The number of carbonyl (C=O) groups excluding carboxylic acids is 1. The maximum Gasteiger partial charge on any atom is 0.220 e. The Balaban J connectivity index is 1.65. The van der Waals surface area contributed by atoms with Crippen LogP contribution in [0, 0.1) is 5.92 Å². The maximum atomic E-state index is 11.9. The second-order valence-electron chi connectivity index (χ2n) is 5.22. The molecule has 2 aliphatic rings. The Morgan fingerprint density at radius 3 is 3.00 bits per heavy atom. The number of hydrogen-bond acceptors (Lipinski definition) is 3. The van der Waals surface area contributed by atoms with Gasteiger partial charge in [-0.1, -0.05) is 6.92 Å². The predicted octanol–water partition coefficient (Wildman–Crippen LogP) is 1.78. The van der Waals surface area contributed by atoms with Gasteiger partial charge in [0, 0.05) is 17.7 Å². The van der Waals surface area contributed by atoms with E-state index in [1.165, 1.54) is 25.0 Å². The fourth-order valence-electron chi connectivity index (χ4n) is 2.90. The lowest BCUT2D eigenvalue weighted by molar-refractivity contribution is -0.122. The van der Waals surface area contributed by atoms with Gasteiger partial charge in [0.15, 0.2) is 0 Å². The summed E-state index contributed by atoms with van der Waals surface area (Å²) in [5, 5.41) is 7.30. The number of nitrogens with one attached hydrogen (secondary N) is 2. The SMILES string of the molecule is CCSC1CCC(NC(=O)CC2CCNC2)C1. The molecule has 2 rings (SSSR count). The molecule has 0 aromatic carbocycles. The smallest absolute Gasteiger partial charge is 0.220 e. The van der Waals surface area contributed by atoms with Gasteiger partial charge in [-0.3, -0.25) is 4.79 Å². The van der Waals surface area contributed by atoms with Crippen LogP contribution in [0.4, 0.5) is 0 Å². The topological polar surface area (TPSA) is 41.1 Å². The van der Waals surface area contributed by atoms with E-state index in [2.05, 4.69) is 17.6 Å². The van der Waals surface area contributed by atoms with E-state index >= 15 is 0 Å². The standard InChI is InChI=1S/C13H24N2OS/c1-2-17-12-4-3-11(8-12)15-13(16)7-10-5-6-14-9-10/h10-12,14H,2-9H2,1H3,(H,15,16). The van der Waals surface area contributed by atoms with E-state index in [9.17, 15) is 4.79 Å². The van der Waals surface area contributed by atoms with Crippen LogP contribution >= 0.6 is 11.8 Å². The van der Waals surface area contributed by atoms with Crippen LogP contribution in [-0.2, 0) is 4.79 Å². The summed E-state index contributed by atoms with van der Waals surface area (Å²) in [4.78, 5) is 11.9. The zero-order valence-electron chi connectivity index (χ0n) is 10.7. The molecular weight excluding hydrogens is 232 g/mol. The van der Waals surface area contributed by atoms with Crippen molar-refractivity contribution in [1.82, 2.24) is 10.6 Å². The molecule has 1 aliphatic carbocycles. The van der Waals surface area contributed by atoms with Crippen molar-refractivity contribution in [3.05, 3.63) is 0 Å². The van der Waals surface area contributed by atoms with Crippen molar-refractivity contribution in [2.24, 2.45) is 5.92 Å². The Kier molecular flexibility index (Phi) is 5.16. The monoisotopic (exact) mass is 256 g/mol.